The molecule has 1 amide bonds. The van der Waals surface area contributed by atoms with Crippen molar-refractivity contribution in [2.45, 2.75) is 26.7 Å². The number of rotatable bonds is 7. The largest absolute Gasteiger partial charge is 0.481 e. The van der Waals surface area contributed by atoms with Gasteiger partial charge in [0.25, 0.3) is 5.91 Å². The van der Waals surface area contributed by atoms with Crippen molar-refractivity contribution >= 4 is 11.9 Å². The summed E-state index contributed by atoms with van der Waals surface area (Å²) in [7, 11) is 0. The molecule has 0 bridgehead atoms. The molecule has 0 spiro atoms. The summed E-state index contributed by atoms with van der Waals surface area (Å²) in [6, 6.07) is 3.26. The van der Waals surface area contributed by atoms with Crippen LogP contribution in [0.2, 0.25) is 0 Å². The number of nitrogens with one attached hydrogen (secondary N) is 1. The topological polar surface area (TPSA) is 110 Å². The van der Waals surface area contributed by atoms with Crippen LogP contribution in [-0.2, 0) is 4.79 Å². The zero-order valence-corrected chi connectivity index (χ0v) is 13.1. The molecule has 8 heteroatoms. The third-order valence-electron chi connectivity index (χ3n) is 4.06. The smallest absolute Gasteiger partial charge is 0.311 e. The average molecular weight is 317 g/mol. The highest BCUT2D eigenvalue weighted by Gasteiger charge is 2.35. The van der Waals surface area contributed by atoms with E-state index in [1.165, 1.54) is 23.5 Å². The number of carboxylic acids is 1. The lowest BCUT2D eigenvalue weighted by molar-refractivity contribution is -0.149. The minimum absolute atomic E-state index is 0.0823. The minimum Gasteiger partial charge on any atom is -0.481 e. The molecule has 0 aliphatic carbocycles. The second kappa shape index (κ2) is 6.99. The van der Waals surface area contributed by atoms with Crippen molar-refractivity contribution in [2.75, 3.05) is 6.54 Å². The van der Waals surface area contributed by atoms with Gasteiger partial charge in [-0.05, 0) is 25.0 Å². The van der Waals surface area contributed by atoms with E-state index in [1.807, 2.05) is 0 Å². The van der Waals surface area contributed by atoms with Crippen LogP contribution in [0.1, 0.15) is 37.0 Å². The number of amides is 1. The van der Waals surface area contributed by atoms with Crippen molar-refractivity contribution in [3.05, 3.63) is 36.5 Å². The van der Waals surface area contributed by atoms with Gasteiger partial charge in [-0.25, -0.2) is 14.6 Å². The summed E-state index contributed by atoms with van der Waals surface area (Å²) in [6.45, 7) is 3.69. The molecule has 122 valence electrons. The number of nitrogens with zero attached hydrogens (tertiary/aromatic N) is 4. The summed E-state index contributed by atoms with van der Waals surface area (Å²) in [5.41, 5.74) is -0.579. The lowest BCUT2D eigenvalue weighted by atomic mass is 9.82. The molecule has 0 aromatic carbocycles. The molecule has 0 aliphatic rings. The van der Waals surface area contributed by atoms with E-state index < -0.39 is 11.4 Å². The summed E-state index contributed by atoms with van der Waals surface area (Å²) in [4.78, 5) is 31.6. The molecule has 0 atom stereocenters. The lowest BCUT2D eigenvalue weighted by Crippen LogP contribution is -2.42. The Morgan fingerprint density at radius 1 is 1.30 bits per heavy atom. The van der Waals surface area contributed by atoms with Gasteiger partial charge in [-0.2, -0.15) is 5.10 Å². The molecule has 0 saturated carbocycles. The van der Waals surface area contributed by atoms with E-state index in [4.69, 9.17) is 0 Å². The molecule has 0 radical (unpaired) electrons. The SMILES string of the molecule is CCC(CC)(CNC(=O)c1ccc(-n2cncn2)nc1)C(=O)O. The van der Waals surface area contributed by atoms with Crippen LogP contribution in [0.4, 0.5) is 0 Å². The van der Waals surface area contributed by atoms with Crippen LogP contribution in [0.25, 0.3) is 5.82 Å². The van der Waals surface area contributed by atoms with Gasteiger partial charge in [0, 0.05) is 12.7 Å². The van der Waals surface area contributed by atoms with Gasteiger partial charge in [-0.15, -0.1) is 0 Å². The normalized spacial score (nSPS) is 11.2. The standard InChI is InChI=1S/C15H19N5O3/c1-3-15(4-2,14(22)23)8-18-13(21)11-5-6-12(17-7-11)20-10-16-9-19-20/h5-7,9-10H,3-4,8H2,1-2H3,(H,18,21)(H,22,23). The maximum Gasteiger partial charge on any atom is 0.311 e. The molecule has 2 N–H and O–H groups in total. The van der Waals surface area contributed by atoms with E-state index >= 15 is 0 Å². The fraction of sp³-hybridized carbons (Fsp3) is 0.400. The molecule has 8 nitrogen and oxygen atoms in total. The molecule has 2 aromatic rings. The molecule has 0 aliphatic heterocycles. The molecule has 0 unspecified atom stereocenters. The minimum atomic E-state index is -0.941. The first-order valence-electron chi connectivity index (χ1n) is 7.35. The van der Waals surface area contributed by atoms with E-state index in [9.17, 15) is 14.7 Å². The van der Waals surface area contributed by atoms with Crippen molar-refractivity contribution in [1.29, 1.82) is 0 Å². The van der Waals surface area contributed by atoms with E-state index in [-0.39, 0.29) is 12.5 Å². The van der Waals surface area contributed by atoms with Gasteiger partial charge < -0.3 is 10.4 Å². The third-order valence-corrected chi connectivity index (χ3v) is 4.06. The Bertz CT molecular complexity index is 663. The van der Waals surface area contributed by atoms with Gasteiger partial charge in [0.15, 0.2) is 5.82 Å². The van der Waals surface area contributed by atoms with Crippen LogP contribution in [0.5, 0.6) is 0 Å². The van der Waals surface area contributed by atoms with Gasteiger partial charge in [-0.3, -0.25) is 9.59 Å². The zero-order valence-electron chi connectivity index (χ0n) is 13.1. The van der Waals surface area contributed by atoms with Crippen molar-refractivity contribution in [2.24, 2.45) is 5.41 Å². The molecule has 0 saturated heterocycles. The highest BCUT2D eigenvalue weighted by atomic mass is 16.4. The first kappa shape index (κ1) is 16.6. The highest BCUT2D eigenvalue weighted by molar-refractivity contribution is 5.94. The van der Waals surface area contributed by atoms with Gasteiger partial charge in [0.05, 0.1) is 11.0 Å². The highest BCUT2D eigenvalue weighted by Crippen LogP contribution is 2.25. The predicted molar refractivity (Wildman–Crippen MR) is 82.1 cm³/mol. The van der Waals surface area contributed by atoms with Crippen molar-refractivity contribution in [3.63, 3.8) is 0 Å². The van der Waals surface area contributed by atoms with Gasteiger partial charge in [-0.1, -0.05) is 13.8 Å². The number of hydrogen-bond acceptors (Lipinski definition) is 5. The van der Waals surface area contributed by atoms with E-state index in [0.717, 1.165) is 0 Å². The molecule has 0 fully saturated rings. The second-order valence-electron chi connectivity index (χ2n) is 5.22. The fourth-order valence-electron chi connectivity index (χ4n) is 2.21. The summed E-state index contributed by atoms with van der Waals surface area (Å²) in [5.74, 6) is -0.710. The predicted octanol–water partition coefficient (Wildman–Crippen LogP) is 1.28. The summed E-state index contributed by atoms with van der Waals surface area (Å²) < 4.78 is 1.48. The molecule has 23 heavy (non-hydrogen) atoms. The number of carboxylic acid groups (broad SMARTS) is 1. The van der Waals surface area contributed by atoms with E-state index in [2.05, 4.69) is 20.4 Å². The Morgan fingerprint density at radius 3 is 2.52 bits per heavy atom. The van der Waals surface area contributed by atoms with Gasteiger partial charge >= 0.3 is 5.97 Å². The first-order valence-corrected chi connectivity index (χ1v) is 7.35. The van der Waals surface area contributed by atoms with Crippen LogP contribution in [0.3, 0.4) is 0 Å². The Kier molecular flexibility index (Phi) is 5.05. The summed E-state index contributed by atoms with van der Waals surface area (Å²) in [5, 5.41) is 16.0. The molecular formula is C15H19N5O3. The quantitative estimate of drug-likeness (QED) is 0.796. The third kappa shape index (κ3) is 3.53. The second-order valence-corrected chi connectivity index (χ2v) is 5.22. The van der Waals surface area contributed by atoms with Crippen LogP contribution in [0, 0.1) is 5.41 Å². The van der Waals surface area contributed by atoms with Crippen LogP contribution < -0.4 is 5.32 Å². The zero-order chi connectivity index (χ0) is 16.9. The number of carbonyl (C=O) groups is 2. The number of aromatic nitrogens is 4. The Balaban J connectivity index is 2.05. The van der Waals surface area contributed by atoms with Crippen molar-refractivity contribution in [1.82, 2.24) is 25.1 Å². The Hall–Kier alpha value is -2.77. The molecular weight excluding hydrogens is 298 g/mol. The summed E-state index contributed by atoms with van der Waals surface area (Å²) in [6.07, 6.45) is 5.22. The number of pyridine rings is 1. The van der Waals surface area contributed by atoms with E-state index in [0.29, 0.717) is 24.2 Å². The lowest BCUT2D eigenvalue weighted by Gasteiger charge is -2.26. The molecule has 2 heterocycles. The first-order chi connectivity index (χ1) is 11.0. The van der Waals surface area contributed by atoms with Gasteiger partial charge in [0.1, 0.15) is 12.7 Å². The fourth-order valence-corrected chi connectivity index (χ4v) is 2.21. The monoisotopic (exact) mass is 317 g/mol. The van der Waals surface area contributed by atoms with Crippen LogP contribution in [-0.4, -0.2) is 43.3 Å². The summed E-state index contributed by atoms with van der Waals surface area (Å²) >= 11 is 0. The maximum absolute atomic E-state index is 12.2. The number of carbonyl (C=O) groups excluding carboxylic acids is 1. The van der Waals surface area contributed by atoms with Crippen molar-refractivity contribution < 1.29 is 14.7 Å². The Morgan fingerprint density at radius 2 is 2.04 bits per heavy atom. The van der Waals surface area contributed by atoms with Crippen molar-refractivity contribution in [3.8, 4) is 5.82 Å². The molecule has 2 rings (SSSR count). The van der Waals surface area contributed by atoms with Crippen LogP contribution >= 0.6 is 0 Å². The number of aliphatic carboxylic acids is 1. The van der Waals surface area contributed by atoms with Gasteiger partial charge in [0.2, 0.25) is 0 Å². The molecule has 2 aromatic heterocycles. The number of hydrogen-bond donors (Lipinski definition) is 2. The maximum atomic E-state index is 12.2. The average Bonchev–Trinajstić information content (AvgIpc) is 3.10. The Labute approximate surface area is 133 Å². The van der Waals surface area contributed by atoms with Crippen LogP contribution in [0.15, 0.2) is 31.0 Å². The van der Waals surface area contributed by atoms with E-state index in [1.54, 1.807) is 26.0 Å².